The largest absolute Gasteiger partial charge is 0.453 e. The highest BCUT2D eigenvalue weighted by atomic mass is 35.5. The van der Waals surface area contributed by atoms with E-state index in [9.17, 15) is 4.39 Å². The molecule has 0 bridgehead atoms. The summed E-state index contributed by atoms with van der Waals surface area (Å²) in [5.74, 6) is 0.230. The van der Waals surface area contributed by atoms with E-state index in [4.69, 9.17) is 27.9 Å². The molecule has 4 aromatic rings. The molecule has 0 saturated carbocycles. The summed E-state index contributed by atoms with van der Waals surface area (Å²) in [7, 11) is 0. The van der Waals surface area contributed by atoms with Crippen LogP contribution in [-0.2, 0) is 0 Å². The van der Waals surface area contributed by atoms with Crippen molar-refractivity contribution < 1.29 is 9.13 Å². The van der Waals surface area contributed by atoms with Gasteiger partial charge in [-0.2, -0.15) is 0 Å². The fraction of sp³-hybridized carbons (Fsp3) is 0. The van der Waals surface area contributed by atoms with Crippen LogP contribution >= 0.6 is 23.2 Å². The van der Waals surface area contributed by atoms with Crippen molar-refractivity contribution >= 4 is 40.4 Å². The van der Waals surface area contributed by atoms with Gasteiger partial charge in [-0.15, -0.1) is 14.8 Å². The number of hydrogen-bond acceptors (Lipinski definition) is 6. The van der Waals surface area contributed by atoms with Crippen molar-refractivity contribution in [1.82, 2.24) is 25.3 Å². The Morgan fingerprint density at radius 2 is 1.85 bits per heavy atom. The number of rotatable bonds is 4. The molecule has 0 unspecified atom stereocenters. The average Bonchev–Trinajstić information content (AvgIpc) is 3.07. The molecule has 2 aromatic heterocycles. The number of fused-ring (bicyclic) bond motifs is 1. The zero-order valence-corrected chi connectivity index (χ0v) is 14.4. The molecule has 1 N–H and O–H groups in total. The summed E-state index contributed by atoms with van der Waals surface area (Å²) in [6, 6.07) is 12.5. The summed E-state index contributed by atoms with van der Waals surface area (Å²) < 4.78 is 21.1. The topological polar surface area (TPSA) is 77.2 Å². The molecule has 0 spiro atoms. The van der Waals surface area contributed by atoms with Crippen LogP contribution in [0.3, 0.4) is 0 Å². The molecular weight excluding hydrogens is 382 g/mol. The van der Waals surface area contributed by atoms with Gasteiger partial charge in [0.15, 0.2) is 23.0 Å². The first-order chi connectivity index (χ1) is 12.6. The van der Waals surface area contributed by atoms with Crippen molar-refractivity contribution in [1.29, 1.82) is 0 Å². The molecule has 4 rings (SSSR count). The predicted octanol–water partition coefficient (Wildman–Crippen LogP) is 4.50. The standard InChI is InChI=1S/C16H9Cl2FN6O/c17-9-1-3-13(11(18)7-9)26-14-4-2-10(8-12(14)19)20-15-5-6-16-21-23-24-25(16)22-15/h1-8H,(H,20,22). The van der Waals surface area contributed by atoms with Gasteiger partial charge < -0.3 is 10.1 Å². The first kappa shape index (κ1) is 16.5. The fourth-order valence-electron chi connectivity index (χ4n) is 2.20. The van der Waals surface area contributed by atoms with Gasteiger partial charge in [0.2, 0.25) is 0 Å². The van der Waals surface area contributed by atoms with Gasteiger partial charge in [0.05, 0.1) is 5.02 Å². The van der Waals surface area contributed by atoms with Crippen LogP contribution in [0, 0.1) is 5.82 Å². The third kappa shape index (κ3) is 3.37. The van der Waals surface area contributed by atoms with E-state index in [-0.39, 0.29) is 10.8 Å². The van der Waals surface area contributed by atoms with Gasteiger partial charge in [0.25, 0.3) is 0 Å². The van der Waals surface area contributed by atoms with E-state index in [2.05, 4.69) is 25.9 Å². The lowest BCUT2D eigenvalue weighted by Gasteiger charge is -2.11. The van der Waals surface area contributed by atoms with Crippen LogP contribution in [0.1, 0.15) is 0 Å². The predicted molar refractivity (Wildman–Crippen MR) is 94.8 cm³/mol. The zero-order chi connectivity index (χ0) is 18.1. The highest BCUT2D eigenvalue weighted by molar-refractivity contribution is 6.35. The van der Waals surface area contributed by atoms with Gasteiger partial charge in [-0.1, -0.05) is 23.2 Å². The van der Waals surface area contributed by atoms with Gasteiger partial charge >= 0.3 is 0 Å². The summed E-state index contributed by atoms with van der Waals surface area (Å²) in [5, 5.41) is 18.9. The Bertz CT molecular complexity index is 1100. The molecule has 0 amide bonds. The van der Waals surface area contributed by atoms with E-state index in [0.29, 0.717) is 27.9 Å². The molecule has 0 aliphatic heterocycles. The minimum Gasteiger partial charge on any atom is -0.453 e. The highest BCUT2D eigenvalue weighted by Gasteiger charge is 2.10. The number of anilines is 2. The molecule has 0 aliphatic rings. The Labute approximate surface area is 156 Å². The van der Waals surface area contributed by atoms with Crippen LogP contribution in [0.5, 0.6) is 11.5 Å². The Morgan fingerprint density at radius 1 is 1.00 bits per heavy atom. The normalized spacial score (nSPS) is 10.9. The Hall–Kier alpha value is -2.97. The van der Waals surface area contributed by atoms with E-state index in [0.717, 1.165) is 0 Å². The second-order valence-corrected chi connectivity index (χ2v) is 6.04. The molecule has 0 aliphatic carbocycles. The molecule has 26 heavy (non-hydrogen) atoms. The average molecular weight is 391 g/mol. The molecule has 0 fully saturated rings. The van der Waals surface area contributed by atoms with Gasteiger partial charge in [-0.25, -0.2) is 4.39 Å². The number of tetrazole rings is 1. The fourth-order valence-corrected chi connectivity index (χ4v) is 2.65. The van der Waals surface area contributed by atoms with Gasteiger partial charge in [0.1, 0.15) is 5.75 Å². The van der Waals surface area contributed by atoms with Crippen molar-refractivity contribution in [3.05, 3.63) is 64.4 Å². The lowest BCUT2D eigenvalue weighted by atomic mass is 10.2. The second-order valence-electron chi connectivity index (χ2n) is 5.19. The summed E-state index contributed by atoms with van der Waals surface area (Å²) in [6.07, 6.45) is 0. The third-order valence-electron chi connectivity index (χ3n) is 3.39. The quantitative estimate of drug-likeness (QED) is 0.552. The molecule has 130 valence electrons. The maximum absolute atomic E-state index is 14.4. The number of nitrogens with one attached hydrogen (secondary N) is 1. The van der Waals surface area contributed by atoms with Crippen molar-refractivity contribution in [2.45, 2.75) is 0 Å². The van der Waals surface area contributed by atoms with E-state index in [1.54, 1.807) is 30.3 Å². The number of aromatic nitrogens is 5. The highest BCUT2D eigenvalue weighted by Crippen LogP contribution is 2.33. The van der Waals surface area contributed by atoms with Crippen molar-refractivity contribution in [2.75, 3.05) is 5.32 Å². The molecule has 2 aromatic carbocycles. The number of benzene rings is 2. The van der Waals surface area contributed by atoms with Gasteiger partial charge in [-0.05, 0) is 52.9 Å². The molecular formula is C16H9Cl2FN6O. The Morgan fingerprint density at radius 3 is 2.65 bits per heavy atom. The van der Waals surface area contributed by atoms with E-state index < -0.39 is 5.82 Å². The maximum atomic E-state index is 14.4. The molecule has 7 nitrogen and oxygen atoms in total. The second kappa shape index (κ2) is 6.74. The lowest BCUT2D eigenvalue weighted by molar-refractivity contribution is 0.443. The summed E-state index contributed by atoms with van der Waals surface area (Å²) in [4.78, 5) is 0. The van der Waals surface area contributed by atoms with Crippen LogP contribution in [0.2, 0.25) is 10.0 Å². The van der Waals surface area contributed by atoms with Crippen LogP contribution in [0.15, 0.2) is 48.5 Å². The molecule has 0 atom stereocenters. The Kier molecular flexibility index (Phi) is 4.27. The van der Waals surface area contributed by atoms with E-state index in [1.807, 2.05) is 0 Å². The minimum atomic E-state index is -0.565. The summed E-state index contributed by atoms with van der Waals surface area (Å²) in [6.45, 7) is 0. The Balaban J connectivity index is 1.55. The molecule has 0 radical (unpaired) electrons. The zero-order valence-electron chi connectivity index (χ0n) is 12.9. The number of ether oxygens (including phenoxy) is 1. The van der Waals surface area contributed by atoms with Gasteiger partial charge in [0, 0.05) is 16.8 Å². The van der Waals surface area contributed by atoms with Crippen molar-refractivity contribution in [2.24, 2.45) is 0 Å². The number of nitrogens with zero attached hydrogens (tertiary/aromatic N) is 5. The SMILES string of the molecule is Fc1cc(Nc2ccc3nnnn3n2)ccc1Oc1ccc(Cl)cc1Cl. The lowest BCUT2D eigenvalue weighted by Crippen LogP contribution is -2.00. The van der Waals surface area contributed by atoms with Crippen LogP contribution < -0.4 is 10.1 Å². The van der Waals surface area contributed by atoms with Gasteiger partial charge in [-0.3, -0.25) is 0 Å². The monoisotopic (exact) mass is 390 g/mol. The van der Waals surface area contributed by atoms with Crippen LogP contribution in [0.25, 0.3) is 5.65 Å². The molecule has 2 heterocycles. The number of halogens is 3. The van der Waals surface area contributed by atoms with Crippen molar-refractivity contribution in [3.8, 4) is 11.5 Å². The third-order valence-corrected chi connectivity index (χ3v) is 3.92. The first-order valence-electron chi connectivity index (χ1n) is 7.33. The first-order valence-corrected chi connectivity index (χ1v) is 8.09. The molecule has 10 heteroatoms. The maximum Gasteiger partial charge on any atom is 0.200 e. The summed E-state index contributed by atoms with van der Waals surface area (Å²) in [5.41, 5.74) is 0.988. The van der Waals surface area contributed by atoms with Crippen LogP contribution in [0.4, 0.5) is 15.9 Å². The smallest absolute Gasteiger partial charge is 0.200 e. The number of hydrogen-bond donors (Lipinski definition) is 1. The minimum absolute atomic E-state index is 0.0312. The van der Waals surface area contributed by atoms with Crippen molar-refractivity contribution in [3.63, 3.8) is 0 Å². The summed E-state index contributed by atoms with van der Waals surface area (Å²) >= 11 is 11.9. The van der Waals surface area contributed by atoms with Crippen LogP contribution in [-0.4, -0.2) is 25.3 Å². The van der Waals surface area contributed by atoms with E-state index >= 15 is 0 Å². The molecule has 0 saturated heterocycles. The van der Waals surface area contributed by atoms with E-state index in [1.165, 1.54) is 22.8 Å².